The predicted molar refractivity (Wildman–Crippen MR) is 90.1 cm³/mol. The van der Waals surface area contributed by atoms with Crippen LogP contribution < -0.4 is 10.1 Å². The maximum Gasteiger partial charge on any atom is 0.387 e. The van der Waals surface area contributed by atoms with Crippen molar-refractivity contribution in [3.8, 4) is 5.75 Å². The highest BCUT2D eigenvalue weighted by Gasteiger charge is 2.24. The zero-order valence-corrected chi connectivity index (χ0v) is 14.2. The average molecular weight is 383 g/mol. The molecule has 7 nitrogen and oxygen atoms in total. The number of nitrogens with one attached hydrogen (secondary N) is 1. The highest BCUT2D eigenvalue weighted by Crippen LogP contribution is 2.17. The van der Waals surface area contributed by atoms with Crippen molar-refractivity contribution in [2.45, 2.75) is 13.2 Å². The molecule has 0 bridgehead atoms. The summed E-state index contributed by atoms with van der Waals surface area (Å²) in [6.07, 6.45) is 4.51. The van der Waals surface area contributed by atoms with E-state index in [1.54, 1.807) is 23.2 Å². The first-order valence-electron chi connectivity index (χ1n) is 7.63. The van der Waals surface area contributed by atoms with Gasteiger partial charge in [0.1, 0.15) is 11.6 Å². The highest BCUT2D eigenvalue weighted by atomic mass is 32.2. The third-order valence-corrected chi connectivity index (χ3v) is 4.85. The molecule has 2 heterocycles. The zero-order valence-electron chi connectivity index (χ0n) is 13.4. The number of amidine groups is 1. The van der Waals surface area contributed by atoms with Crippen molar-refractivity contribution in [1.82, 2.24) is 10.2 Å². The molecular weight excluding hydrogens is 368 g/mol. The highest BCUT2D eigenvalue weighted by molar-refractivity contribution is 7.90. The lowest BCUT2D eigenvalue weighted by Crippen LogP contribution is -2.38. The number of carbonyl (C=O) groups is 1. The summed E-state index contributed by atoms with van der Waals surface area (Å²) in [6.45, 7) is -2.45. The van der Waals surface area contributed by atoms with Gasteiger partial charge < -0.3 is 15.0 Å². The van der Waals surface area contributed by atoms with E-state index in [9.17, 15) is 22.0 Å². The van der Waals surface area contributed by atoms with Crippen LogP contribution in [0.2, 0.25) is 0 Å². The van der Waals surface area contributed by atoms with Gasteiger partial charge >= 0.3 is 6.61 Å². The van der Waals surface area contributed by atoms with Crippen LogP contribution in [0.3, 0.4) is 0 Å². The molecule has 26 heavy (non-hydrogen) atoms. The predicted octanol–water partition coefficient (Wildman–Crippen LogP) is 1.40. The molecule has 1 aromatic carbocycles. The number of alkyl halides is 2. The maximum atomic E-state index is 12.2. The lowest BCUT2D eigenvalue weighted by Gasteiger charge is -2.26. The summed E-state index contributed by atoms with van der Waals surface area (Å²) in [5, 5.41) is 2.71. The van der Waals surface area contributed by atoms with Crippen LogP contribution >= 0.6 is 0 Å². The minimum absolute atomic E-state index is 0.0415. The number of rotatable bonds is 5. The van der Waals surface area contributed by atoms with Crippen molar-refractivity contribution in [2.24, 2.45) is 4.40 Å². The van der Waals surface area contributed by atoms with Crippen LogP contribution in [-0.4, -0.2) is 44.0 Å². The lowest BCUT2D eigenvalue weighted by atomic mass is 10.1. The number of fused-ring (bicyclic) bond motifs is 1. The molecule has 10 heteroatoms. The Bertz CT molecular complexity index is 893. The number of ether oxygens (including phenoxy) is 1. The fourth-order valence-electron chi connectivity index (χ4n) is 2.41. The topological polar surface area (TPSA) is 88.1 Å². The van der Waals surface area contributed by atoms with Crippen molar-refractivity contribution in [3.05, 3.63) is 53.8 Å². The Kier molecular flexibility index (Phi) is 5.03. The molecule has 0 atom stereocenters. The smallest absolute Gasteiger partial charge is 0.387 e. The summed E-state index contributed by atoms with van der Waals surface area (Å²) in [7, 11) is -3.44. The largest absolute Gasteiger partial charge is 0.435 e. The Morgan fingerprint density at radius 2 is 2.00 bits per heavy atom. The SMILES string of the molecule is O=C(NCc1ccc(OC(F)F)cc1)C1=CN2CCS(=O)(=O)N=C2C=C1. The van der Waals surface area contributed by atoms with Crippen molar-refractivity contribution in [3.63, 3.8) is 0 Å². The lowest BCUT2D eigenvalue weighted by molar-refractivity contribution is -0.117. The minimum Gasteiger partial charge on any atom is -0.435 e. The second-order valence-electron chi connectivity index (χ2n) is 5.55. The van der Waals surface area contributed by atoms with E-state index in [1.807, 2.05) is 0 Å². The van der Waals surface area contributed by atoms with E-state index in [-0.39, 0.29) is 36.3 Å². The Morgan fingerprint density at radius 3 is 2.69 bits per heavy atom. The molecule has 3 rings (SSSR count). The zero-order chi connectivity index (χ0) is 18.7. The van der Waals surface area contributed by atoms with Gasteiger partial charge in [0.2, 0.25) is 0 Å². The van der Waals surface area contributed by atoms with Crippen LogP contribution in [0, 0.1) is 0 Å². The number of nitrogens with zero attached hydrogens (tertiary/aromatic N) is 2. The molecule has 0 unspecified atom stereocenters. The van der Waals surface area contributed by atoms with E-state index >= 15 is 0 Å². The minimum atomic E-state index is -3.44. The fraction of sp³-hybridized carbons (Fsp3) is 0.250. The first kappa shape index (κ1) is 18.1. The molecule has 0 radical (unpaired) electrons. The van der Waals surface area contributed by atoms with E-state index in [0.29, 0.717) is 11.1 Å². The van der Waals surface area contributed by atoms with Gasteiger partial charge in [-0.2, -0.15) is 8.78 Å². The Hall–Kier alpha value is -2.75. The van der Waals surface area contributed by atoms with Gasteiger partial charge in [-0.15, -0.1) is 4.40 Å². The first-order valence-corrected chi connectivity index (χ1v) is 9.24. The number of hydrogen-bond donors (Lipinski definition) is 1. The molecular formula is C16H15F2N3O4S. The van der Waals surface area contributed by atoms with Gasteiger partial charge in [-0.1, -0.05) is 12.1 Å². The summed E-state index contributed by atoms with van der Waals surface area (Å²) in [4.78, 5) is 13.9. The third-order valence-electron chi connectivity index (χ3n) is 3.69. The number of amides is 1. The van der Waals surface area contributed by atoms with E-state index < -0.39 is 16.6 Å². The normalized spacial score (nSPS) is 18.0. The van der Waals surface area contributed by atoms with Gasteiger partial charge in [-0.05, 0) is 29.8 Å². The Labute approximate surface area is 148 Å². The van der Waals surface area contributed by atoms with Crippen molar-refractivity contribution >= 4 is 21.8 Å². The van der Waals surface area contributed by atoms with Crippen LogP contribution in [0.1, 0.15) is 5.56 Å². The molecule has 0 spiro atoms. The molecule has 0 fully saturated rings. The van der Waals surface area contributed by atoms with Gasteiger partial charge in [-0.3, -0.25) is 4.79 Å². The van der Waals surface area contributed by atoms with Gasteiger partial charge in [0.25, 0.3) is 15.9 Å². The van der Waals surface area contributed by atoms with Crippen LogP contribution in [0.4, 0.5) is 8.78 Å². The first-order chi connectivity index (χ1) is 12.3. The van der Waals surface area contributed by atoms with Crippen LogP contribution in [0.25, 0.3) is 0 Å². The van der Waals surface area contributed by atoms with Crippen LogP contribution in [-0.2, 0) is 21.4 Å². The Balaban J connectivity index is 1.59. The monoisotopic (exact) mass is 383 g/mol. The summed E-state index contributed by atoms with van der Waals surface area (Å²) < 4.78 is 55.0. The molecule has 0 saturated heterocycles. The van der Waals surface area contributed by atoms with E-state index in [0.717, 1.165) is 0 Å². The summed E-state index contributed by atoms with van der Waals surface area (Å²) in [5.41, 5.74) is 1.08. The molecule has 0 saturated carbocycles. The second kappa shape index (κ2) is 7.24. The van der Waals surface area contributed by atoms with E-state index in [2.05, 4.69) is 14.5 Å². The Morgan fingerprint density at radius 1 is 1.27 bits per heavy atom. The summed E-state index contributed by atoms with van der Waals surface area (Å²) >= 11 is 0. The molecule has 1 aromatic rings. The van der Waals surface area contributed by atoms with Gasteiger partial charge in [-0.25, -0.2) is 8.42 Å². The quantitative estimate of drug-likeness (QED) is 0.831. The summed E-state index contributed by atoms with van der Waals surface area (Å²) in [6, 6.07) is 5.93. The van der Waals surface area contributed by atoms with Gasteiger partial charge in [0.15, 0.2) is 0 Å². The maximum absolute atomic E-state index is 12.2. The van der Waals surface area contributed by atoms with Crippen molar-refractivity contribution in [1.29, 1.82) is 0 Å². The number of hydrogen-bond acceptors (Lipinski definition) is 5. The molecule has 138 valence electrons. The second-order valence-corrected chi connectivity index (χ2v) is 7.31. The molecule has 2 aliphatic rings. The van der Waals surface area contributed by atoms with Crippen molar-refractivity contribution < 1.29 is 26.7 Å². The molecule has 0 aliphatic carbocycles. The van der Waals surface area contributed by atoms with Crippen LogP contribution in [0.15, 0.2) is 52.6 Å². The van der Waals surface area contributed by atoms with E-state index in [4.69, 9.17) is 0 Å². The third kappa shape index (κ3) is 4.45. The number of sulfonamides is 1. The van der Waals surface area contributed by atoms with Crippen LogP contribution in [0.5, 0.6) is 5.75 Å². The van der Waals surface area contributed by atoms with Gasteiger partial charge in [0.05, 0.1) is 11.3 Å². The molecule has 1 N–H and O–H groups in total. The molecule has 2 aliphatic heterocycles. The molecule has 1 amide bonds. The number of benzene rings is 1. The molecule has 0 aromatic heterocycles. The number of carbonyl (C=O) groups excluding carboxylic acids is 1. The van der Waals surface area contributed by atoms with E-state index in [1.165, 1.54) is 24.3 Å². The average Bonchev–Trinajstić information content (AvgIpc) is 2.59. The van der Waals surface area contributed by atoms with Gasteiger partial charge in [0, 0.05) is 19.3 Å². The standard InChI is InChI=1S/C16H15F2N3O4S/c17-16(18)25-13-4-1-11(2-5-13)9-19-15(22)12-3-6-14-20-26(23,24)8-7-21(14)10-12/h1-6,10,16H,7-9H2,(H,19,22). The fourth-order valence-corrected chi connectivity index (χ4v) is 3.38. The number of halogens is 2. The van der Waals surface area contributed by atoms with Crippen molar-refractivity contribution in [2.75, 3.05) is 12.3 Å². The summed E-state index contributed by atoms with van der Waals surface area (Å²) in [5.74, 6) is -0.133.